The zero-order chi connectivity index (χ0) is 13.7. The van der Waals surface area contributed by atoms with E-state index in [0.717, 1.165) is 44.2 Å². The molecule has 5 heteroatoms. The molecule has 0 spiro atoms. The molecule has 0 bridgehead atoms. The highest BCUT2D eigenvalue weighted by Gasteiger charge is 2.38. The van der Waals surface area contributed by atoms with Gasteiger partial charge in [0.1, 0.15) is 12.1 Å². The molecule has 0 aromatic carbocycles. The van der Waals surface area contributed by atoms with E-state index in [-0.39, 0.29) is 0 Å². The van der Waals surface area contributed by atoms with Gasteiger partial charge < -0.3 is 10.4 Å². The number of aryl methyl sites for hydroxylation is 1. The number of hydrogen-bond acceptors (Lipinski definition) is 4. The highest BCUT2D eigenvalue weighted by molar-refractivity contribution is 5.75. The van der Waals surface area contributed by atoms with Crippen LogP contribution in [0.5, 0.6) is 0 Å². The van der Waals surface area contributed by atoms with Gasteiger partial charge in [-0.25, -0.2) is 9.97 Å². The summed E-state index contributed by atoms with van der Waals surface area (Å²) in [4.78, 5) is 19.8. The normalized spacial score (nSPS) is 18.6. The lowest BCUT2D eigenvalue weighted by Gasteiger charge is -2.28. The summed E-state index contributed by atoms with van der Waals surface area (Å²) in [7, 11) is 0. The van der Waals surface area contributed by atoms with Crippen LogP contribution in [0.15, 0.2) is 12.4 Å². The Morgan fingerprint density at radius 2 is 2.00 bits per heavy atom. The molecule has 0 amide bonds. The predicted molar refractivity (Wildman–Crippen MR) is 73.0 cm³/mol. The first-order chi connectivity index (χ1) is 9.12. The number of nitrogens with one attached hydrogen (secondary N) is 1. The molecule has 0 aliphatic heterocycles. The number of carbonyl (C=O) groups is 1. The number of rotatable bonds is 4. The van der Waals surface area contributed by atoms with Crippen molar-refractivity contribution in [2.24, 2.45) is 5.41 Å². The topological polar surface area (TPSA) is 75.1 Å². The van der Waals surface area contributed by atoms with E-state index in [4.69, 9.17) is 0 Å². The molecule has 1 fully saturated rings. The average Bonchev–Trinajstić information content (AvgIpc) is 2.63. The van der Waals surface area contributed by atoms with Crippen LogP contribution in [0.3, 0.4) is 0 Å². The van der Waals surface area contributed by atoms with Crippen molar-refractivity contribution < 1.29 is 9.90 Å². The molecular formula is C14H21N3O2. The maximum absolute atomic E-state index is 11.6. The summed E-state index contributed by atoms with van der Waals surface area (Å²) in [5.41, 5.74) is 0.234. The van der Waals surface area contributed by atoms with Crippen molar-refractivity contribution in [1.29, 1.82) is 0 Å². The maximum Gasteiger partial charge on any atom is 0.311 e. The molecular weight excluding hydrogens is 242 g/mol. The number of anilines is 1. The van der Waals surface area contributed by atoms with E-state index in [0.29, 0.717) is 12.4 Å². The van der Waals surface area contributed by atoms with Crippen LogP contribution in [-0.4, -0.2) is 27.6 Å². The van der Waals surface area contributed by atoms with Gasteiger partial charge in [0.2, 0.25) is 0 Å². The lowest BCUT2D eigenvalue weighted by Crippen LogP contribution is -2.37. The van der Waals surface area contributed by atoms with Crippen LogP contribution in [-0.2, 0) is 4.79 Å². The summed E-state index contributed by atoms with van der Waals surface area (Å²) < 4.78 is 0. The number of aliphatic carboxylic acids is 1. The van der Waals surface area contributed by atoms with Crippen molar-refractivity contribution in [3.8, 4) is 0 Å². The molecule has 1 aliphatic rings. The monoisotopic (exact) mass is 263 g/mol. The van der Waals surface area contributed by atoms with Crippen LogP contribution in [0.4, 0.5) is 5.82 Å². The number of carboxylic acid groups (broad SMARTS) is 1. The van der Waals surface area contributed by atoms with Crippen molar-refractivity contribution in [3.05, 3.63) is 18.1 Å². The first-order valence-corrected chi connectivity index (χ1v) is 6.88. The Labute approximate surface area is 113 Å². The second-order valence-corrected chi connectivity index (χ2v) is 5.40. The third-order valence-electron chi connectivity index (χ3n) is 3.93. The van der Waals surface area contributed by atoms with E-state index in [9.17, 15) is 9.90 Å². The quantitative estimate of drug-likeness (QED) is 0.817. The molecule has 1 heterocycles. The van der Waals surface area contributed by atoms with E-state index in [2.05, 4.69) is 15.3 Å². The van der Waals surface area contributed by atoms with E-state index in [1.165, 1.54) is 6.33 Å². The van der Waals surface area contributed by atoms with Crippen LogP contribution in [0.25, 0.3) is 0 Å². The third-order valence-corrected chi connectivity index (χ3v) is 3.93. The van der Waals surface area contributed by atoms with Crippen molar-refractivity contribution in [1.82, 2.24) is 9.97 Å². The Balaban J connectivity index is 2.06. The highest BCUT2D eigenvalue weighted by atomic mass is 16.4. The molecule has 0 radical (unpaired) electrons. The Morgan fingerprint density at radius 3 is 2.58 bits per heavy atom. The van der Waals surface area contributed by atoms with Gasteiger partial charge in [-0.3, -0.25) is 4.79 Å². The van der Waals surface area contributed by atoms with Gasteiger partial charge in [0.05, 0.1) is 5.41 Å². The minimum Gasteiger partial charge on any atom is -0.481 e. The van der Waals surface area contributed by atoms with Gasteiger partial charge in [0.25, 0.3) is 0 Å². The van der Waals surface area contributed by atoms with Gasteiger partial charge in [0, 0.05) is 18.3 Å². The van der Waals surface area contributed by atoms with E-state index < -0.39 is 11.4 Å². The van der Waals surface area contributed by atoms with E-state index >= 15 is 0 Å². The highest BCUT2D eigenvalue weighted by Crippen LogP contribution is 2.35. The first-order valence-electron chi connectivity index (χ1n) is 6.88. The second-order valence-electron chi connectivity index (χ2n) is 5.40. The van der Waals surface area contributed by atoms with Crippen molar-refractivity contribution in [3.63, 3.8) is 0 Å². The maximum atomic E-state index is 11.6. The van der Waals surface area contributed by atoms with Gasteiger partial charge >= 0.3 is 5.97 Å². The van der Waals surface area contributed by atoms with Gasteiger partial charge in [-0.15, -0.1) is 0 Å². The van der Waals surface area contributed by atoms with Crippen LogP contribution >= 0.6 is 0 Å². The van der Waals surface area contributed by atoms with E-state index in [1.54, 1.807) is 0 Å². The largest absolute Gasteiger partial charge is 0.481 e. The van der Waals surface area contributed by atoms with Crippen LogP contribution in [0, 0.1) is 12.3 Å². The fourth-order valence-electron chi connectivity index (χ4n) is 2.68. The molecule has 1 saturated carbocycles. The molecule has 2 N–H and O–H groups in total. The summed E-state index contributed by atoms with van der Waals surface area (Å²) in [6.45, 7) is 2.34. The zero-order valence-electron chi connectivity index (χ0n) is 11.4. The predicted octanol–water partition coefficient (Wildman–Crippen LogP) is 2.62. The molecule has 0 saturated heterocycles. The lowest BCUT2D eigenvalue weighted by molar-refractivity contribution is -0.149. The summed E-state index contributed by atoms with van der Waals surface area (Å²) in [6.07, 6.45) is 7.27. The molecule has 0 unspecified atom stereocenters. The van der Waals surface area contributed by atoms with Gasteiger partial charge in [0.15, 0.2) is 0 Å². The van der Waals surface area contributed by atoms with Gasteiger partial charge in [-0.1, -0.05) is 25.7 Å². The first kappa shape index (κ1) is 13.8. The molecule has 1 aliphatic carbocycles. The fourth-order valence-corrected chi connectivity index (χ4v) is 2.68. The molecule has 5 nitrogen and oxygen atoms in total. The minimum atomic E-state index is -0.687. The zero-order valence-corrected chi connectivity index (χ0v) is 11.4. The van der Waals surface area contributed by atoms with Crippen molar-refractivity contribution in [2.45, 2.75) is 45.4 Å². The summed E-state index contributed by atoms with van der Waals surface area (Å²) in [5, 5.41) is 12.7. The summed E-state index contributed by atoms with van der Waals surface area (Å²) >= 11 is 0. The van der Waals surface area contributed by atoms with Crippen LogP contribution in [0.2, 0.25) is 0 Å². The molecule has 104 valence electrons. The number of aromatic nitrogens is 2. The van der Waals surface area contributed by atoms with Gasteiger partial charge in [-0.05, 0) is 19.8 Å². The Morgan fingerprint density at radius 1 is 1.32 bits per heavy atom. The third kappa shape index (κ3) is 3.43. The Hall–Kier alpha value is -1.65. The average molecular weight is 263 g/mol. The van der Waals surface area contributed by atoms with Crippen molar-refractivity contribution >= 4 is 11.8 Å². The van der Waals surface area contributed by atoms with Crippen LogP contribution < -0.4 is 5.32 Å². The number of hydrogen-bond donors (Lipinski definition) is 2. The molecule has 1 aromatic rings. The Bertz CT molecular complexity index is 440. The Kier molecular flexibility index (Phi) is 4.35. The summed E-state index contributed by atoms with van der Waals surface area (Å²) in [5.74, 6) is 0.0186. The fraction of sp³-hybridized carbons (Fsp3) is 0.643. The summed E-state index contributed by atoms with van der Waals surface area (Å²) in [6, 6.07) is 1.84. The lowest BCUT2D eigenvalue weighted by atomic mass is 9.80. The smallest absolute Gasteiger partial charge is 0.311 e. The molecule has 0 atom stereocenters. The minimum absolute atomic E-state index is 0.443. The number of carboxylic acids is 1. The standard InChI is InChI=1S/C14H21N3O2/c1-11-8-12(17-10-16-11)15-9-14(13(18)19)6-4-2-3-5-7-14/h8,10H,2-7,9H2,1H3,(H,18,19)(H,15,16,17). The van der Waals surface area contributed by atoms with Gasteiger partial charge in [-0.2, -0.15) is 0 Å². The number of nitrogens with zero attached hydrogens (tertiary/aromatic N) is 2. The second kappa shape index (κ2) is 5.99. The molecule has 19 heavy (non-hydrogen) atoms. The van der Waals surface area contributed by atoms with E-state index in [1.807, 2.05) is 13.0 Å². The van der Waals surface area contributed by atoms with Crippen molar-refractivity contribution in [2.75, 3.05) is 11.9 Å². The van der Waals surface area contributed by atoms with Crippen LogP contribution in [0.1, 0.15) is 44.2 Å². The SMILES string of the molecule is Cc1cc(NCC2(C(=O)O)CCCCCC2)ncn1. The molecule has 2 rings (SSSR count). The molecule has 1 aromatic heterocycles.